The molecule has 1 unspecified atom stereocenters. The van der Waals surface area contributed by atoms with Crippen molar-refractivity contribution in [3.8, 4) is 0 Å². The Morgan fingerprint density at radius 2 is 2.00 bits per heavy atom. The lowest BCUT2D eigenvalue weighted by molar-refractivity contribution is -0.137. The van der Waals surface area contributed by atoms with Crippen molar-refractivity contribution in [2.24, 2.45) is 0 Å². The average Bonchev–Trinajstić information content (AvgIpc) is 2.63. The van der Waals surface area contributed by atoms with Gasteiger partial charge in [0.2, 0.25) is 5.91 Å². The molecule has 2 aliphatic heterocycles. The van der Waals surface area contributed by atoms with Gasteiger partial charge >= 0.3 is 6.03 Å². The van der Waals surface area contributed by atoms with Gasteiger partial charge in [-0.15, -0.1) is 0 Å². The van der Waals surface area contributed by atoms with Crippen LogP contribution in [0.5, 0.6) is 0 Å². The number of urea groups is 1. The van der Waals surface area contributed by atoms with E-state index in [1.165, 1.54) is 0 Å². The molecule has 0 bridgehead atoms. The van der Waals surface area contributed by atoms with E-state index in [1.807, 2.05) is 0 Å². The number of nitrogens with zero attached hydrogens (tertiary/aromatic N) is 1. The van der Waals surface area contributed by atoms with Crippen molar-refractivity contribution in [1.82, 2.24) is 20.9 Å². The van der Waals surface area contributed by atoms with E-state index in [9.17, 15) is 14.4 Å². The van der Waals surface area contributed by atoms with Gasteiger partial charge in [0.15, 0.2) is 0 Å². The average molecular weight is 254 g/mol. The number of nitrogens with one attached hydrogen (secondary N) is 3. The van der Waals surface area contributed by atoms with Gasteiger partial charge in [-0.25, -0.2) is 4.79 Å². The SMILES string of the molecule is CNC(C)C(=O)N1CCC2(CC1)NC(=O)NC2=O. The number of carbonyl (C=O) groups is 3. The molecule has 0 aromatic carbocycles. The van der Waals surface area contributed by atoms with Crippen LogP contribution in [-0.4, -0.2) is 54.5 Å². The third kappa shape index (κ3) is 2.05. The second-order valence-electron chi connectivity index (χ2n) is 4.83. The molecule has 1 spiro atoms. The summed E-state index contributed by atoms with van der Waals surface area (Å²) in [4.78, 5) is 36.6. The maximum atomic E-state index is 12.0. The van der Waals surface area contributed by atoms with E-state index in [0.717, 1.165) is 0 Å². The van der Waals surface area contributed by atoms with Crippen LogP contribution >= 0.6 is 0 Å². The number of hydrogen-bond donors (Lipinski definition) is 3. The minimum atomic E-state index is -0.809. The molecular formula is C11H18N4O3. The van der Waals surface area contributed by atoms with Crippen LogP contribution in [0.3, 0.4) is 0 Å². The molecule has 7 nitrogen and oxygen atoms in total. The Bertz CT molecular complexity index is 388. The Morgan fingerprint density at radius 3 is 2.44 bits per heavy atom. The number of imide groups is 1. The van der Waals surface area contributed by atoms with Crippen molar-refractivity contribution in [3.05, 3.63) is 0 Å². The first-order valence-electron chi connectivity index (χ1n) is 6.08. The summed E-state index contributed by atoms with van der Waals surface area (Å²) in [6.07, 6.45) is 0.930. The van der Waals surface area contributed by atoms with Crippen LogP contribution in [-0.2, 0) is 9.59 Å². The number of likely N-dealkylation sites (tertiary alicyclic amines) is 1. The zero-order valence-electron chi connectivity index (χ0n) is 10.6. The quantitative estimate of drug-likeness (QED) is 0.540. The predicted molar refractivity (Wildman–Crippen MR) is 63.7 cm³/mol. The molecule has 0 aromatic heterocycles. The van der Waals surface area contributed by atoms with Crippen molar-refractivity contribution in [2.45, 2.75) is 31.3 Å². The summed E-state index contributed by atoms with van der Waals surface area (Å²) >= 11 is 0. The molecule has 2 rings (SSSR count). The summed E-state index contributed by atoms with van der Waals surface area (Å²) in [6.45, 7) is 2.77. The van der Waals surface area contributed by atoms with Crippen LogP contribution in [0.4, 0.5) is 4.79 Å². The second kappa shape index (κ2) is 4.56. The van der Waals surface area contributed by atoms with Crippen LogP contribution in [0, 0.1) is 0 Å². The molecule has 2 saturated heterocycles. The summed E-state index contributed by atoms with van der Waals surface area (Å²) in [6, 6.07) is -0.672. The Hall–Kier alpha value is -1.63. The molecule has 0 aliphatic carbocycles. The highest BCUT2D eigenvalue weighted by molar-refractivity contribution is 6.07. The van der Waals surface area contributed by atoms with Gasteiger partial charge in [0.25, 0.3) is 5.91 Å². The van der Waals surface area contributed by atoms with Gasteiger partial charge in [-0.2, -0.15) is 0 Å². The summed E-state index contributed by atoms with van der Waals surface area (Å²) in [5.41, 5.74) is -0.809. The predicted octanol–water partition coefficient (Wildman–Crippen LogP) is -1.21. The van der Waals surface area contributed by atoms with Crippen molar-refractivity contribution in [1.29, 1.82) is 0 Å². The van der Waals surface area contributed by atoms with E-state index >= 15 is 0 Å². The molecule has 100 valence electrons. The zero-order chi connectivity index (χ0) is 13.3. The van der Waals surface area contributed by atoms with E-state index in [2.05, 4.69) is 16.0 Å². The van der Waals surface area contributed by atoms with Crippen molar-refractivity contribution >= 4 is 17.8 Å². The van der Waals surface area contributed by atoms with E-state index in [-0.39, 0.29) is 17.9 Å². The highest BCUT2D eigenvalue weighted by Gasteiger charge is 2.48. The normalized spacial score (nSPS) is 23.8. The number of carbonyl (C=O) groups excluding carboxylic acids is 3. The third-order valence-electron chi connectivity index (χ3n) is 3.75. The molecule has 7 heteroatoms. The van der Waals surface area contributed by atoms with E-state index in [1.54, 1.807) is 18.9 Å². The number of amides is 4. The van der Waals surface area contributed by atoms with Crippen molar-refractivity contribution in [3.63, 3.8) is 0 Å². The standard InChI is InChI=1S/C11H18N4O3/c1-7(12-2)8(16)15-5-3-11(4-6-15)9(17)13-10(18)14-11/h7,12H,3-6H2,1-2H3,(H2,13,14,17,18). The van der Waals surface area contributed by atoms with E-state index in [4.69, 9.17) is 0 Å². The first-order chi connectivity index (χ1) is 8.48. The van der Waals surface area contributed by atoms with E-state index < -0.39 is 11.6 Å². The Labute approximate surface area is 105 Å². The maximum absolute atomic E-state index is 12.0. The van der Waals surface area contributed by atoms with Crippen LogP contribution < -0.4 is 16.0 Å². The first-order valence-corrected chi connectivity index (χ1v) is 6.08. The molecular weight excluding hydrogens is 236 g/mol. The molecule has 2 fully saturated rings. The fraction of sp³-hybridized carbons (Fsp3) is 0.727. The zero-order valence-corrected chi connectivity index (χ0v) is 10.6. The Balaban J connectivity index is 1.98. The lowest BCUT2D eigenvalue weighted by atomic mass is 9.87. The summed E-state index contributed by atoms with van der Waals surface area (Å²) in [5, 5.41) is 7.82. The molecule has 3 N–H and O–H groups in total. The molecule has 0 radical (unpaired) electrons. The van der Waals surface area contributed by atoms with Crippen molar-refractivity contribution < 1.29 is 14.4 Å². The Morgan fingerprint density at radius 1 is 1.39 bits per heavy atom. The van der Waals surface area contributed by atoms with Gasteiger partial charge in [-0.05, 0) is 26.8 Å². The molecule has 1 atom stereocenters. The molecule has 0 aromatic rings. The van der Waals surface area contributed by atoms with Gasteiger partial charge < -0.3 is 15.5 Å². The number of piperidine rings is 1. The van der Waals surface area contributed by atoms with Gasteiger partial charge in [0.05, 0.1) is 6.04 Å². The summed E-state index contributed by atoms with van der Waals surface area (Å²) < 4.78 is 0. The van der Waals surface area contributed by atoms with Gasteiger partial charge in [-0.3, -0.25) is 14.9 Å². The molecule has 4 amide bonds. The van der Waals surface area contributed by atoms with Crippen LogP contribution in [0.25, 0.3) is 0 Å². The maximum Gasteiger partial charge on any atom is 0.322 e. The minimum absolute atomic E-state index is 0.0251. The number of rotatable bonds is 2. The highest BCUT2D eigenvalue weighted by Crippen LogP contribution is 2.25. The Kier molecular flexibility index (Phi) is 3.25. The minimum Gasteiger partial charge on any atom is -0.341 e. The van der Waals surface area contributed by atoms with Gasteiger partial charge in [0, 0.05) is 13.1 Å². The van der Waals surface area contributed by atoms with Gasteiger partial charge in [-0.1, -0.05) is 0 Å². The van der Waals surface area contributed by atoms with Crippen LogP contribution in [0.2, 0.25) is 0 Å². The molecule has 18 heavy (non-hydrogen) atoms. The molecule has 0 saturated carbocycles. The fourth-order valence-electron chi connectivity index (χ4n) is 2.39. The molecule has 2 heterocycles. The highest BCUT2D eigenvalue weighted by atomic mass is 16.2. The monoisotopic (exact) mass is 254 g/mol. The second-order valence-corrected chi connectivity index (χ2v) is 4.83. The lowest BCUT2D eigenvalue weighted by Crippen LogP contribution is -2.57. The third-order valence-corrected chi connectivity index (χ3v) is 3.75. The smallest absolute Gasteiger partial charge is 0.322 e. The topological polar surface area (TPSA) is 90.5 Å². The van der Waals surface area contributed by atoms with Gasteiger partial charge in [0.1, 0.15) is 5.54 Å². The van der Waals surface area contributed by atoms with Crippen LogP contribution in [0.15, 0.2) is 0 Å². The van der Waals surface area contributed by atoms with Crippen molar-refractivity contribution in [2.75, 3.05) is 20.1 Å². The number of likely N-dealkylation sites (N-methyl/N-ethyl adjacent to an activating group) is 1. The molecule has 2 aliphatic rings. The van der Waals surface area contributed by atoms with Crippen LogP contribution in [0.1, 0.15) is 19.8 Å². The number of hydrogen-bond acceptors (Lipinski definition) is 4. The largest absolute Gasteiger partial charge is 0.341 e. The first kappa shape index (κ1) is 12.8. The lowest BCUT2D eigenvalue weighted by Gasteiger charge is -2.37. The summed E-state index contributed by atoms with van der Waals surface area (Å²) in [5.74, 6) is -0.252. The van der Waals surface area contributed by atoms with E-state index in [0.29, 0.717) is 25.9 Å². The fourth-order valence-corrected chi connectivity index (χ4v) is 2.39. The summed E-state index contributed by atoms with van der Waals surface area (Å²) in [7, 11) is 1.73.